The van der Waals surface area contributed by atoms with Crippen molar-refractivity contribution in [2.75, 3.05) is 26.4 Å². The molecular weight excluding hydrogens is 624 g/mol. The van der Waals surface area contributed by atoms with E-state index in [0.717, 1.165) is 0 Å². The Kier molecular flexibility index (Phi) is 12.8. The second-order valence-corrected chi connectivity index (χ2v) is 11.1. The number of ether oxygens (including phenoxy) is 7. The third-order valence-electron chi connectivity index (χ3n) is 8.20. The van der Waals surface area contributed by atoms with E-state index < -0.39 is 149 Å². The first kappa shape index (κ1) is 37.0. The normalized spacial score (nSPS) is 52.9. The molecule has 0 spiro atoms. The van der Waals surface area contributed by atoms with Gasteiger partial charge in [-0.25, -0.2) is 0 Å². The van der Waals surface area contributed by atoms with Gasteiger partial charge in [0.2, 0.25) is 0 Å². The van der Waals surface area contributed by atoms with Gasteiger partial charge in [0.1, 0.15) is 97.7 Å². The minimum absolute atomic E-state index is 0.784. The topological polar surface area (TPSA) is 348 Å². The summed E-state index contributed by atoms with van der Waals surface area (Å²) in [5.41, 5.74) is 0. The second-order valence-electron chi connectivity index (χ2n) is 11.1. The average Bonchev–Trinajstić information content (AvgIpc) is 3.03. The van der Waals surface area contributed by atoms with Crippen LogP contribution in [0, 0.1) is 0 Å². The fraction of sp³-hybridized carbons (Fsp3) is 1.00. The van der Waals surface area contributed by atoms with Crippen LogP contribution < -0.4 is 0 Å². The van der Waals surface area contributed by atoms with E-state index in [9.17, 15) is 71.5 Å². The molecule has 264 valence electrons. The minimum Gasteiger partial charge on any atom is -0.394 e. The smallest absolute Gasteiger partial charge is 0.187 e. The van der Waals surface area contributed by atoms with Crippen LogP contribution in [0.25, 0.3) is 0 Å². The van der Waals surface area contributed by atoms with Crippen LogP contribution in [-0.2, 0) is 33.2 Å². The molecular formula is C24H42O21. The van der Waals surface area contributed by atoms with Gasteiger partial charge in [-0.15, -0.1) is 0 Å². The van der Waals surface area contributed by atoms with Crippen LogP contribution in [0.1, 0.15) is 0 Å². The maximum absolute atomic E-state index is 10.9. The van der Waals surface area contributed by atoms with Gasteiger partial charge in [0, 0.05) is 0 Å². The van der Waals surface area contributed by atoms with E-state index in [2.05, 4.69) is 0 Å². The zero-order chi connectivity index (χ0) is 33.3. The van der Waals surface area contributed by atoms with Gasteiger partial charge in [0.05, 0.1) is 26.4 Å². The second kappa shape index (κ2) is 15.6. The molecule has 14 N–H and O–H groups in total. The predicted molar refractivity (Wildman–Crippen MR) is 134 cm³/mol. The molecule has 4 aliphatic heterocycles. The lowest BCUT2D eigenvalue weighted by molar-refractivity contribution is -0.387. The van der Waals surface area contributed by atoms with Gasteiger partial charge >= 0.3 is 0 Å². The zero-order valence-corrected chi connectivity index (χ0v) is 23.5. The zero-order valence-electron chi connectivity index (χ0n) is 23.5. The van der Waals surface area contributed by atoms with Crippen molar-refractivity contribution in [3.8, 4) is 0 Å². The Hall–Kier alpha value is -0.840. The summed E-state index contributed by atoms with van der Waals surface area (Å²) < 4.78 is 37.7. The van der Waals surface area contributed by atoms with E-state index in [1.165, 1.54) is 0 Å². The molecule has 0 aromatic rings. The van der Waals surface area contributed by atoms with Crippen molar-refractivity contribution in [3.63, 3.8) is 0 Å². The van der Waals surface area contributed by atoms with Crippen LogP contribution >= 0.6 is 0 Å². The first-order chi connectivity index (χ1) is 21.3. The van der Waals surface area contributed by atoms with E-state index >= 15 is 0 Å². The number of hydrogen-bond acceptors (Lipinski definition) is 21. The molecule has 21 heteroatoms. The maximum Gasteiger partial charge on any atom is 0.187 e. The predicted octanol–water partition coefficient (Wildman–Crippen LogP) is -9.75. The molecule has 20 atom stereocenters. The van der Waals surface area contributed by atoms with Crippen molar-refractivity contribution in [1.82, 2.24) is 0 Å². The molecule has 21 nitrogen and oxygen atoms in total. The highest BCUT2D eigenvalue weighted by Crippen LogP contribution is 2.34. The molecule has 4 saturated heterocycles. The highest BCUT2D eigenvalue weighted by molar-refractivity contribution is 4.97. The summed E-state index contributed by atoms with van der Waals surface area (Å²) in [6.45, 7) is -3.39. The van der Waals surface area contributed by atoms with Crippen molar-refractivity contribution >= 4 is 0 Å². The summed E-state index contributed by atoms with van der Waals surface area (Å²) in [5, 5.41) is 142. The van der Waals surface area contributed by atoms with Crippen LogP contribution in [0.3, 0.4) is 0 Å². The van der Waals surface area contributed by atoms with Gasteiger partial charge in [-0.1, -0.05) is 0 Å². The fourth-order valence-corrected chi connectivity index (χ4v) is 5.55. The maximum atomic E-state index is 10.9. The standard InChI is InChI=1S/C24H42O21/c25-1-5-9(29)10(30)15(35)22(40-5)44-19-7(3-27)42-24(17(37)12(19)32)45-20-8(4-28)41-23(16(36)13(20)33)43-18-6(2-26)39-21(38)14(34)11(18)31/h5-38H,1-4H2/t5-,6-,7-,8-,9-,10+,11-,12-,13-,14+,15+,16-,17-,18-,19-,20-,21-,22+,23+,24+/m1/s1. The highest BCUT2D eigenvalue weighted by Gasteiger charge is 2.55. The van der Waals surface area contributed by atoms with Crippen LogP contribution in [-0.4, -0.2) is 221 Å². The van der Waals surface area contributed by atoms with E-state index in [4.69, 9.17) is 33.2 Å². The van der Waals surface area contributed by atoms with Crippen molar-refractivity contribution in [2.45, 2.75) is 123 Å². The Bertz CT molecular complexity index is 910. The van der Waals surface area contributed by atoms with Gasteiger partial charge in [-0.2, -0.15) is 0 Å². The summed E-state index contributed by atoms with van der Waals surface area (Å²) in [6, 6.07) is 0. The fourth-order valence-electron chi connectivity index (χ4n) is 5.55. The molecule has 45 heavy (non-hydrogen) atoms. The summed E-state index contributed by atoms with van der Waals surface area (Å²) in [6.07, 6.45) is -35.3. The van der Waals surface area contributed by atoms with Crippen LogP contribution in [0.4, 0.5) is 0 Å². The lowest BCUT2D eigenvalue weighted by Gasteiger charge is -2.49. The Labute approximate surface area is 254 Å². The van der Waals surface area contributed by atoms with E-state index in [1.807, 2.05) is 0 Å². The SMILES string of the molecule is OC[C@H]1O[C@@H](O[C@H]2[C@H](O)[C@@H](O)[C@H](O[C@H]3[C@H](O)[C@@H](O)[C@H](O[C@H]4[C@H](O)[C@H](O)[C@H](O)O[C@@H]4CO)O[C@@H]3CO)O[C@@H]2CO)[C@@H](O)[C@@H](O)[C@@H]1O. The average molecular weight is 667 g/mol. The van der Waals surface area contributed by atoms with E-state index in [0.29, 0.717) is 0 Å². The molecule has 0 aromatic heterocycles. The summed E-state index contributed by atoms with van der Waals surface area (Å²) in [5.74, 6) is 0. The molecule has 0 amide bonds. The van der Waals surface area contributed by atoms with E-state index in [-0.39, 0.29) is 0 Å². The van der Waals surface area contributed by atoms with Gasteiger partial charge in [0.15, 0.2) is 25.2 Å². The van der Waals surface area contributed by atoms with Gasteiger partial charge in [-0.05, 0) is 0 Å². The Balaban J connectivity index is 1.43. The Morgan fingerprint density at radius 2 is 0.644 bits per heavy atom. The first-order valence-electron chi connectivity index (χ1n) is 14.1. The quantitative estimate of drug-likeness (QED) is 0.103. The highest BCUT2D eigenvalue weighted by atomic mass is 16.8. The van der Waals surface area contributed by atoms with Crippen LogP contribution in [0.5, 0.6) is 0 Å². The van der Waals surface area contributed by atoms with Gasteiger partial charge < -0.3 is 105 Å². The number of hydrogen-bond donors (Lipinski definition) is 14. The molecule has 0 bridgehead atoms. The Morgan fingerprint density at radius 3 is 1.02 bits per heavy atom. The summed E-state index contributed by atoms with van der Waals surface area (Å²) in [7, 11) is 0. The molecule has 0 aliphatic carbocycles. The molecule has 4 fully saturated rings. The largest absolute Gasteiger partial charge is 0.394 e. The molecule has 4 aliphatic rings. The third kappa shape index (κ3) is 7.44. The van der Waals surface area contributed by atoms with Gasteiger partial charge in [-0.3, -0.25) is 0 Å². The first-order valence-corrected chi connectivity index (χ1v) is 14.1. The van der Waals surface area contributed by atoms with Crippen LogP contribution in [0.15, 0.2) is 0 Å². The van der Waals surface area contributed by atoms with Gasteiger partial charge in [0.25, 0.3) is 0 Å². The number of aliphatic hydroxyl groups excluding tert-OH is 14. The van der Waals surface area contributed by atoms with E-state index in [1.54, 1.807) is 0 Å². The molecule has 0 unspecified atom stereocenters. The lowest BCUT2D eigenvalue weighted by Crippen LogP contribution is -2.67. The molecule has 4 rings (SSSR count). The van der Waals surface area contributed by atoms with Crippen molar-refractivity contribution < 1.29 is 105 Å². The molecule has 0 aromatic carbocycles. The van der Waals surface area contributed by atoms with Crippen molar-refractivity contribution in [3.05, 3.63) is 0 Å². The third-order valence-corrected chi connectivity index (χ3v) is 8.20. The lowest BCUT2D eigenvalue weighted by atomic mass is 9.95. The summed E-state index contributed by atoms with van der Waals surface area (Å²) >= 11 is 0. The summed E-state index contributed by atoms with van der Waals surface area (Å²) in [4.78, 5) is 0. The minimum atomic E-state index is -2.02. The van der Waals surface area contributed by atoms with Crippen molar-refractivity contribution in [1.29, 1.82) is 0 Å². The molecule has 0 saturated carbocycles. The number of rotatable bonds is 10. The van der Waals surface area contributed by atoms with Crippen molar-refractivity contribution in [2.24, 2.45) is 0 Å². The van der Waals surface area contributed by atoms with Crippen LogP contribution in [0.2, 0.25) is 0 Å². The molecule has 4 heterocycles. The number of aliphatic hydroxyl groups is 14. The molecule has 0 radical (unpaired) electrons. The Morgan fingerprint density at radius 1 is 0.333 bits per heavy atom. The monoisotopic (exact) mass is 666 g/mol.